The number of allylic oxidation sites excluding steroid dienone is 1. The van der Waals surface area contributed by atoms with E-state index in [1.54, 1.807) is 39.1 Å². The van der Waals surface area contributed by atoms with Gasteiger partial charge in [-0.15, -0.1) is 0 Å². The van der Waals surface area contributed by atoms with Crippen LogP contribution in [0.25, 0.3) is 11.0 Å². The van der Waals surface area contributed by atoms with Crippen molar-refractivity contribution in [3.05, 3.63) is 322 Å². The Morgan fingerprint density at radius 2 is 0.531 bits per heavy atom. The molecule has 9 heteroatoms. The summed E-state index contributed by atoms with van der Waals surface area (Å²) in [5, 5.41) is 5.12. The quantitative estimate of drug-likeness (QED) is 0.183. The molecule has 0 atom stereocenters. The second-order valence-electron chi connectivity index (χ2n) is 45.1. The zero-order chi connectivity index (χ0) is 115. The second kappa shape index (κ2) is 138. The summed E-state index contributed by atoms with van der Waals surface area (Å²) in [6.07, 6.45) is 19.0. The molecule has 10 aromatic rings. The first-order chi connectivity index (χ1) is 67.9. The lowest BCUT2D eigenvalue weighted by atomic mass is 10.0. The molecule has 3 aliphatic heterocycles. The zero-order valence-electron chi connectivity index (χ0n) is 105. The van der Waals surface area contributed by atoms with E-state index in [-0.39, 0.29) is 0 Å². The van der Waals surface area contributed by atoms with Crippen LogP contribution >= 0.6 is 11.8 Å². The van der Waals surface area contributed by atoms with Crippen molar-refractivity contribution in [2.45, 2.75) is 363 Å². The van der Waals surface area contributed by atoms with Gasteiger partial charge in [0.1, 0.15) is 5.58 Å². The van der Waals surface area contributed by atoms with Gasteiger partial charge in [-0.05, 0) is 161 Å². The minimum absolute atomic E-state index is 0.360. The molecule has 3 fully saturated rings. The van der Waals surface area contributed by atoms with Gasteiger partial charge in [0.05, 0.1) is 26.0 Å². The molecule has 0 bridgehead atoms. The lowest BCUT2D eigenvalue weighted by molar-refractivity contribution is 0.109. The van der Waals surface area contributed by atoms with E-state index >= 15 is 0 Å². The molecule has 0 spiro atoms. The highest BCUT2D eigenvalue weighted by atomic mass is 32.2. The highest BCUT2D eigenvalue weighted by molar-refractivity contribution is 7.99. The van der Waals surface area contributed by atoms with Gasteiger partial charge in [0.2, 0.25) is 6.79 Å². The molecule has 2 aromatic heterocycles. The molecule has 145 heavy (non-hydrogen) atoms. The standard InChI is InChI=1S/C8H6O.C7H6O2.C6H12.6C6H6.C5H5N.2C5H12.C4H9NO.C4H5N.C4H10S.C4H8.11C4H10.C2H6O.C2H6/c1-2-4-8-7(3-1)5-6-9-8;1-2-4-7-6(3-1)8-5-9-7;1-5(2)6-3-4-6;7*1-2-4-6-5-3-1;2*1-5(2,3)4;1-3-6-4-2-5-1;1-2-4-5-3-1;1-4(2)5-3;1-4-2-3-4;11*1-4(2)3;1-3-2;1-2/h1-6H;1-4H,5H2;5-6H,3-4H2,1-2H3;6*1-6H;1-5H;2*1-4H3;5H,1-4H2;1-3H,4H2;4H,1-3H3;4H,2-3H2,1H3;11*4H,1-3H3;1-2H3;1-2H3. The third-order valence-corrected chi connectivity index (χ3v) is 12.4. The van der Waals surface area contributed by atoms with Crippen LogP contribution in [0.15, 0.2) is 331 Å². The van der Waals surface area contributed by atoms with Crippen molar-refractivity contribution in [3.8, 4) is 11.5 Å². The van der Waals surface area contributed by atoms with E-state index < -0.39 is 0 Å². The number of nitrogens with one attached hydrogen (secondary N) is 1. The van der Waals surface area contributed by atoms with Gasteiger partial charge in [0.15, 0.2) is 11.5 Å². The highest BCUT2D eigenvalue weighted by Gasteiger charge is 2.24. The Balaban J connectivity index is -0.000000103. The third-order valence-electron chi connectivity index (χ3n) is 11.5. The summed E-state index contributed by atoms with van der Waals surface area (Å²) in [7, 11) is 3.25. The number of furan rings is 1. The number of hydrogen-bond donors (Lipinski definition) is 1. The first-order valence-corrected chi connectivity index (χ1v) is 56.1. The topological polar surface area (TPSA) is 87.3 Å². The van der Waals surface area contributed by atoms with Gasteiger partial charge in [-0.3, -0.25) is 9.98 Å². The van der Waals surface area contributed by atoms with E-state index in [9.17, 15) is 0 Å². The van der Waals surface area contributed by atoms with Gasteiger partial charge >= 0.3 is 0 Å². The Morgan fingerprint density at radius 3 is 0.648 bits per heavy atom. The van der Waals surface area contributed by atoms with Crippen LogP contribution in [0.3, 0.4) is 0 Å². The molecule has 2 saturated carbocycles. The average Bonchev–Trinajstić information content (AvgIpc) is 1.76. The summed E-state index contributed by atoms with van der Waals surface area (Å²) in [5.41, 5.74) is 1.96. The molecule has 1 N–H and O–H groups in total. The van der Waals surface area contributed by atoms with Gasteiger partial charge in [-0.2, -0.15) is 11.8 Å². The van der Waals surface area contributed by atoms with Crippen LogP contribution in [0.1, 0.15) is 358 Å². The first kappa shape index (κ1) is 167. The Hall–Kier alpha value is -8.31. The zero-order valence-corrected chi connectivity index (χ0v) is 106. The number of ether oxygens (including phenoxy) is 4. The van der Waals surface area contributed by atoms with Crippen molar-refractivity contribution in [2.75, 3.05) is 60.1 Å². The highest BCUT2D eigenvalue weighted by Crippen LogP contribution is 2.36. The summed E-state index contributed by atoms with van der Waals surface area (Å²) in [5.74, 6) is 14.0. The molecular formula is C136H243N3O5S. The fourth-order valence-corrected chi connectivity index (χ4v) is 6.12. The van der Waals surface area contributed by atoms with E-state index in [4.69, 9.17) is 18.6 Å². The fraction of sp³-hybridized carbons (Fsp3) is 0.574. The molecular weight excluding hydrogens is 1790 g/mol. The molecule has 838 valence electrons. The van der Waals surface area contributed by atoms with Gasteiger partial charge in [-0.1, -0.05) is 606 Å². The smallest absolute Gasteiger partial charge is 0.231 e. The molecule has 0 radical (unpaired) electrons. The third kappa shape index (κ3) is 295. The summed E-state index contributed by atoms with van der Waals surface area (Å²) in [6.45, 7) is 109. The molecule has 0 amide bonds. The maximum absolute atomic E-state index is 5.12. The molecule has 5 heterocycles. The van der Waals surface area contributed by atoms with Crippen LogP contribution < -0.4 is 14.8 Å². The van der Waals surface area contributed by atoms with E-state index in [1.807, 2.05) is 329 Å². The van der Waals surface area contributed by atoms with Crippen molar-refractivity contribution >= 4 is 28.9 Å². The van der Waals surface area contributed by atoms with E-state index in [0.717, 1.165) is 143 Å². The van der Waals surface area contributed by atoms with Gasteiger partial charge in [0.25, 0.3) is 0 Å². The number of nitrogens with zero attached hydrogens (tertiary/aromatic N) is 2. The van der Waals surface area contributed by atoms with E-state index in [0.29, 0.717) is 17.6 Å². The van der Waals surface area contributed by atoms with E-state index in [1.165, 1.54) is 25.7 Å². The van der Waals surface area contributed by atoms with Crippen molar-refractivity contribution in [1.29, 1.82) is 0 Å². The average molecular weight is 2030 g/mol. The van der Waals surface area contributed by atoms with E-state index in [2.05, 4.69) is 345 Å². The van der Waals surface area contributed by atoms with Gasteiger partial charge < -0.3 is 28.7 Å². The van der Waals surface area contributed by atoms with Crippen LogP contribution in [0, 0.1) is 93.7 Å². The number of hydrogen-bond acceptors (Lipinski definition) is 9. The largest absolute Gasteiger partial charge is 0.464 e. The summed E-state index contributed by atoms with van der Waals surface area (Å²) in [4.78, 5) is 7.63. The minimum Gasteiger partial charge on any atom is -0.464 e. The Bertz CT molecular complexity index is 2970. The summed E-state index contributed by atoms with van der Waals surface area (Å²) in [6, 6.07) is 95.2. The van der Waals surface area contributed by atoms with Crippen molar-refractivity contribution in [3.63, 3.8) is 0 Å². The predicted molar refractivity (Wildman–Crippen MR) is 673 cm³/mol. The number of thioether (sulfide) groups is 1. The molecule has 8 nitrogen and oxygen atoms in total. The lowest BCUT2D eigenvalue weighted by Gasteiger charge is -2.10. The van der Waals surface area contributed by atoms with Crippen LogP contribution in [0.2, 0.25) is 0 Å². The second-order valence-corrected chi connectivity index (χ2v) is 46.5. The number of benzene rings is 8. The Morgan fingerprint density at radius 1 is 0.324 bits per heavy atom. The molecule has 2 aliphatic carbocycles. The maximum Gasteiger partial charge on any atom is 0.231 e. The number of rotatable bonds is 2. The van der Waals surface area contributed by atoms with Gasteiger partial charge in [-0.25, -0.2) is 0 Å². The lowest BCUT2D eigenvalue weighted by Crippen LogP contribution is -2.30. The van der Waals surface area contributed by atoms with Crippen LogP contribution in [-0.4, -0.2) is 76.6 Å². The van der Waals surface area contributed by atoms with Crippen molar-refractivity contribution < 1.29 is 23.4 Å². The van der Waals surface area contributed by atoms with Gasteiger partial charge in [0, 0.05) is 51.3 Å². The van der Waals surface area contributed by atoms with Crippen molar-refractivity contribution in [2.24, 2.45) is 98.7 Å². The molecule has 0 unspecified atom stereocenters. The summed E-state index contributed by atoms with van der Waals surface area (Å²) < 4.78 is 24.5. The number of pyridine rings is 1. The number of para-hydroxylation sites is 3. The fourth-order valence-electron chi connectivity index (χ4n) is 6.12. The number of morpholine rings is 1. The number of methoxy groups -OCH3 is 1. The molecule has 1 saturated heterocycles. The SMILES string of the molecule is C1=CCN=C1.C1COCCN1.CC.CC(C)(C)C.CC(C)(C)C.CC(C)C.CC(C)C.CC(C)C.CC(C)C.CC(C)C.CC(C)C.CC(C)C.CC(C)C.CC(C)C.CC(C)C.CC(C)C.CC(C)C1CC1.CC1CC1.COC.CSC(C)C.c1ccc2c(c1)OCO2.c1ccc2occc2c1.c1ccccc1.c1ccccc1.c1ccccc1.c1ccccc1.c1ccccc1.c1ccccc1.c1ccncc1. The Labute approximate surface area is 912 Å². The molecule has 15 rings (SSSR count). The monoisotopic (exact) mass is 2030 g/mol. The maximum atomic E-state index is 5.12. The molecule has 5 aliphatic rings. The first-order valence-electron chi connectivity index (χ1n) is 54.9. The number of fused-ring (bicyclic) bond motifs is 2. The molecule has 8 aromatic carbocycles. The van der Waals surface area contributed by atoms with Crippen LogP contribution in [-0.2, 0) is 9.47 Å². The Kier molecular flexibility index (Phi) is 159. The van der Waals surface area contributed by atoms with Crippen LogP contribution in [0.5, 0.6) is 11.5 Å². The van der Waals surface area contributed by atoms with Crippen LogP contribution in [0.4, 0.5) is 0 Å². The predicted octanol–water partition coefficient (Wildman–Crippen LogP) is 44.2. The normalized spacial score (nSPS) is 11.1. The number of aliphatic imine (C=N–C) groups is 1. The minimum atomic E-state index is 0.360. The summed E-state index contributed by atoms with van der Waals surface area (Å²) >= 11 is 1.88. The van der Waals surface area contributed by atoms with Crippen molar-refractivity contribution in [1.82, 2.24) is 10.3 Å². The number of aromatic nitrogens is 1.